The Bertz CT molecular complexity index is 3180. The number of quaternary nitrogens is 1. The maximum atomic E-state index is 6.78. The first-order chi connectivity index (χ1) is 28.2. The van der Waals surface area contributed by atoms with Crippen LogP contribution in [0.2, 0.25) is 0 Å². The number of rotatable bonds is 4. The number of benzene rings is 9. The van der Waals surface area contributed by atoms with Crippen molar-refractivity contribution in [2.24, 2.45) is 9.98 Å². The zero-order valence-electron chi connectivity index (χ0n) is 30.6. The number of hydrogen-bond donors (Lipinski definition) is 1. The standard InChI is InChI=1S/C51H32N4O2/c1-2-14-36-30-46-43(29-35(36)13-1)55-42-22-9-19-39(48(42)57-45-24-10-23-44(56-46)47(45)55)33-25-27-34(28-26-33)49-52-50(40-20-7-15-31-11-3-5-17-37(31)40)54-51(53-49)41-21-8-16-32-12-4-6-18-38(32)41/h1-30,50H,(H,52,53,54)/p+1. The molecule has 268 valence electrons. The smallest absolute Gasteiger partial charge is 0.236 e. The molecule has 6 nitrogen and oxygen atoms in total. The fraction of sp³-hybridized carbons (Fsp3) is 0.0196. The molecule has 0 radical (unpaired) electrons. The average Bonchev–Trinajstić information content (AvgIpc) is 3.27. The van der Waals surface area contributed by atoms with Gasteiger partial charge in [0.1, 0.15) is 5.69 Å². The third-order valence-corrected chi connectivity index (χ3v) is 11.4. The second-order valence-corrected chi connectivity index (χ2v) is 14.7. The summed E-state index contributed by atoms with van der Waals surface area (Å²) in [5.74, 6) is 4.76. The molecule has 3 aliphatic rings. The highest BCUT2D eigenvalue weighted by Crippen LogP contribution is 2.61. The molecule has 9 aromatic rings. The maximum absolute atomic E-state index is 6.78. The van der Waals surface area contributed by atoms with Crippen LogP contribution in [0.1, 0.15) is 22.9 Å². The largest absolute Gasteiger partial charge is 0.453 e. The fourth-order valence-corrected chi connectivity index (χ4v) is 8.69. The maximum Gasteiger partial charge on any atom is 0.236 e. The number of ether oxygens (including phenoxy) is 2. The van der Waals surface area contributed by atoms with Crippen LogP contribution in [0.4, 0.5) is 17.1 Å². The predicted octanol–water partition coefficient (Wildman–Crippen LogP) is 12.0. The number of nitrogens with zero attached hydrogens (tertiary/aromatic N) is 3. The lowest BCUT2D eigenvalue weighted by Crippen LogP contribution is -2.90. The lowest BCUT2D eigenvalue weighted by molar-refractivity contribution is -0.586. The highest BCUT2D eigenvalue weighted by molar-refractivity contribution is 6.14. The van der Waals surface area contributed by atoms with E-state index in [1.54, 1.807) is 0 Å². The molecule has 2 N–H and O–H groups in total. The number of anilines is 3. The van der Waals surface area contributed by atoms with Crippen LogP contribution >= 0.6 is 0 Å². The van der Waals surface area contributed by atoms with Crippen LogP contribution in [0.5, 0.6) is 23.0 Å². The van der Waals surface area contributed by atoms with Crippen LogP contribution in [-0.4, -0.2) is 11.7 Å². The van der Waals surface area contributed by atoms with Crippen molar-refractivity contribution < 1.29 is 14.8 Å². The van der Waals surface area contributed by atoms with Gasteiger partial charge in [0.25, 0.3) is 0 Å². The Labute approximate surface area is 328 Å². The summed E-state index contributed by atoms with van der Waals surface area (Å²) in [4.78, 5) is 12.9. The van der Waals surface area contributed by atoms with E-state index in [0.29, 0.717) is 5.84 Å². The summed E-state index contributed by atoms with van der Waals surface area (Å²) >= 11 is 0. The molecule has 0 saturated heterocycles. The van der Waals surface area contributed by atoms with Crippen LogP contribution in [-0.2, 0) is 0 Å². The summed E-state index contributed by atoms with van der Waals surface area (Å²) in [5, 5.41) is 9.24. The Morgan fingerprint density at radius 1 is 0.474 bits per heavy atom. The topological polar surface area (TPSA) is 63.0 Å². The monoisotopic (exact) mass is 733 g/mol. The van der Waals surface area contributed by atoms with E-state index in [1.165, 1.54) is 21.5 Å². The van der Waals surface area contributed by atoms with E-state index >= 15 is 0 Å². The zero-order valence-corrected chi connectivity index (χ0v) is 30.6. The van der Waals surface area contributed by atoms with Crippen LogP contribution < -0.4 is 19.7 Å². The molecule has 57 heavy (non-hydrogen) atoms. The summed E-state index contributed by atoms with van der Waals surface area (Å²) in [6, 6.07) is 63.6. The molecular weight excluding hydrogens is 701 g/mol. The molecule has 1 atom stereocenters. The summed E-state index contributed by atoms with van der Waals surface area (Å²) in [6.45, 7) is 0. The summed E-state index contributed by atoms with van der Waals surface area (Å²) in [6.07, 6.45) is -0.217. The lowest BCUT2D eigenvalue weighted by atomic mass is 9.98. The molecular formula is C51H33N4O2+. The van der Waals surface area contributed by atoms with E-state index in [9.17, 15) is 0 Å². The molecule has 6 heteroatoms. The van der Waals surface area contributed by atoms with E-state index in [-0.39, 0.29) is 6.17 Å². The molecule has 0 aliphatic carbocycles. The Morgan fingerprint density at radius 2 is 1.09 bits per heavy atom. The first-order valence-corrected chi connectivity index (χ1v) is 19.3. The van der Waals surface area contributed by atoms with E-state index < -0.39 is 0 Å². The third-order valence-electron chi connectivity index (χ3n) is 11.4. The number of para-hydroxylation sites is 2. The highest BCUT2D eigenvalue weighted by Gasteiger charge is 2.36. The summed E-state index contributed by atoms with van der Waals surface area (Å²) < 4.78 is 13.3. The van der Waals surface area contributed by atoms with E-state index in [0.717, 1.165) is 84.5 Å². The van der Waals surface area contributed by atoms with Gasteiger partial charge in [-0.3, -0.25) is 10.2 Å². The number of aliphatic imine (C=N–C) groups is 2. The van der Waals surface area contributed by atoms with Crippen molar-refractivity contribution in [3.63, 3.8) is 0 Å². The van der Waals surface area contributed by atoms with Crippen LogP contribution in [0.25, 0.3) is 43.4 Å². The van der Waals surface area contributed by atoms with Crippen molar-refractivity contribution in [1.82, 2.24) is 0 Å². The van der Waals surface area contributed by atoms with Crippen LogP contribution in [0.3, 0.4) is 0 Å². The molecule has 9 aromatic carbocycles. The van der Waals surface area contributed by atoms with Crippen molar-refractivity contribution >= 4 is 61.1 Å². The molecule has 12 rings (SSSR count). The Morgan fingerprint density at radius 3 is 1.91 bits per heavy atom. The van der Waals surface area contributed by atoms with Gasteiger partial charge >= 0.3 is 0 Å². The van der Waals surface area contributed by atoms with Crippen molar-refractivity contribution in [2.75, 3.05) is 4.90 Å². The van der Waals surface area contributed by atoms with Gasteiger partial charge < -0.3 is 9.47 Å². The Hall–Kier alpha value is -7.54. The van der Waals surface area contributed by atoms with Gasteiger partial charge in [0, 0.05) is 16.7 Å². The molecule has 0 saturated carbocycles. The molecule has 3 aliphatic heterocycles. The first-order valence-electron chi connectivity index (χ1n) is 19.3. The van der Waals surface area contributed by atoms with Crippen LogP contribution in [0, 0.1) is 0 Å². The third kappa shape index (κ3) is 5.08. The minimum atomic E-state index is -0.217. The molecule has 1 unspecified atom stereocenters. The molecule has 0 spiro atoms. The van der Waals surface area contributed by atoms with Crippen molar-refractivity contribution in [3.05, 3.63) is 199 Å². The second-order valence-electron chi connectivity index (χ2n) is 14.7. The van der Waals surface area contributed by atoms with Crippen molar-refractivity contribution in [2.45, 2.75) is 6.17 Å². The molecule has 3 heterocycles. The lowest BCUT2D eigenvalue weighted by Gasteiger charge is -2.38. The molecule has 0 aromatic heterocycles. The zero-order chi connectivity index (χ0) is 37.5. The van der Waals surface area contributed by atoms with E-state index in [1.807, 2.05) is 18.2 Å². The average molecular weight is 734 g/mol. The minimum absolute atomic E-state index is 0.217. The Kier molecular flexibility index (Phi) is 6.97. The minimum Gasteiger partial charge on any atom is -0.453 e. The normalized spacial score (nSPS) is 15.2. The van der Waals surface area contributed by atoms with Crippen molar-refractivity contribution in [3.8, 4) is 34.1 Å². The molecule has 0 amide bonds. The quantitative estimate of drug-likeness (QED) is 0.196. The van der Waals surface area contributed by atoms with Crippen LogP contribution in [0.15, 0.2) is 192 Å². The first kappa shape index (κ1) is 31.8. The molecule has 0 bridgehead atoms. The van der Waals surface area contributed by atoms with Gasteiger partial charge in [-0.1, -0.05) is 146 Å². The summed E-state index contributed by atoms with van der Waals surface area (Å²) in [5.41, 5.74) is 8.09. The van der Waals surface area contributed by atoms with E-state index in [2.05, 4.69) is 174 Å². The van der Waals surface area contributed by atoms with Gasteiger partial charge in [0.15, 0.2) is 28.8 Å². The second kappa shape index (κ2) is 12.5. The van der Waals surface area contributed by atoms with Gasteiger partial charge in [-0.15, -0.1) is 0 Å². The van der Waals surface area contributed by atoms with Gasteiger partial charge in [-0.2, -0.15) is 4.99 Å². The number of nitrogens with two attached hydrogens (primary N) is 1. The van der Waals surface area contributed by atoms with E-state index in [4.69, 9.17) is 19.5 Å². The Balaban J connectivity index is 0.968. The number of fused-ring (bicyclic) bond motifs is 7. The number of amidine groups is 2. The van der Waals surface area contributed by atoms with Gasteiger partial charge in [0.2, 0.25) is 12.0 Å². The molecule has 0 fully saturated rings. The SMILES string of the molecule is c1cc2c3c(c1)Oc1c(-c4ccc(C5=NC(c6cccc7ccccc67)[NH2+]C(c6cccc7ccccc67)=N5)cc4)cccc1N3c1cc3ccccc3cc1O2. The van der Waals surface area contributed by atoms with Gasteiger partial charge in [-0.25, -0.2) is 4.99 Å². The fourth-order valence-electron chi connectivity index (χ4n) is 8.69. The van der Waals surface area contributed by atoms with Gasteiger partial charge in [0.05, 0.1) is 16.9 Å². The summed E-state index contributed by atoms with van der Waals surface area (Å²) in [7, 11) is 0. The van der Waals surface area contributed by atoms with Crippen molar-refractivity contribution in [1.29, 1.82) is 0 Å². The van der Waals surface area contributed by atoms with Gasteiger partial charge in [-0.05, 0) is 74.3 Å². The number of hydrogen-bond acceptors (Lipinski definition) is 5. The predicted molar refractivity (Wildman–Crippen MR) is 230 cm³/mol. The highest BCUT2D eigenvalue weighted by atomic mass is 16.5.